The summed E-state index contributed by atoms with van der Waals surface area (Å²) in [7, 11) is 0. The van der Waals surface area contributed by atoms with Crippen molar-refractivity contribution in [2.24, 2.45) is 17.3 Å². The molecule has 1 rings (SSSR count). The van der Waals surface area contributed by atoms with Gasteiger partial charge >= 0.3 is 0 Å². The minimum absolute atomic E-state index is 0.125. The fourth-order valence-corrected chi connectivity index (χ4v) is 3.13. The fourth-order valence-electron chi connectivity index (χ4n) is 3.13. The average molecular weight is 198 g/mol. The lowest BCUT2D eigenvalue weighted by Gasteiger charge is -2.43. The summed E-state index contributed by atoms with van der Waals surface area (Å²) in [5, 5.41) is 9.34. The summed E-state index contributed by atoms with van der Waals surface area (Å²) in [5.74, 6) is 1.66. The van der Waals surface area contributed by atoms with Gasteiger partial charge in [0.25, 0.3) is 0 Å². The van der Waals surface area contributed by atoms with Gasteiger partial charge in [0.15, 0.2) is 0 Å². The Hall–Kier alpha value is -0.0400. The minimum atomic E-state index is -0.125. The maximum absolute atomic E-state index is 9.34. The Balaban J connectivity index is 2.52. The van der Waals surface area contributed by atoms with Crippen LogP contribution in [0.4, 0.5) is 0 Å². The van der Waals surface area contributed by atoms with Gasteiger partial charge in [-0.05, 0) is 43.4 Å². The summed E-state index contributed by atoms with van der Waals surface area (Å²) >= 11 is 0. The topological polar surface area (TPSA) is 20.2 Å². The average Bonchev–Trinajstić information content (AvgIpc) is 2.01. The monoisotopic (exact) mass is 198 g/mol. The molecule has 0 radical (unpaired) electrons. The van der Waals surface area contributed by atoms with Gasteiger partial charge in [-0.3, -0.25) is 0 Å². The van der Waals surface area contributed by atoms with E-state index in [-0.39, 0.29) is 6.10 Å². The van der Waals surface area contributed by atoms with Crippen LogP contribution < -0.4 is 0 Å². The van der Waals surface area contributed by atoms with Gasteiger partial charge in [0.1, 0.15) is 0 Å². The van der Waals surface area contributed by atoms with Gasteiger partial charge in [0, 0.05) is 0 Å². The quantitative estimate of drug-likeness (QED) is 0.734. The van der Waals surface area contributed by atoms with Crippen molar-refractivity contribution >= 4 is 0 Å². The predicted molar refractivity (Wildman–Crippen MR) is 61.2 cm³/mol. The molecule has 0 bridgehead atoms. The zero-order chi connectivity index (χ0) is 10.8. The molecule has 1 aliphatic carbocycles. The van der Waals surface area contributed by atoms with Crippen LogP contribution in [-0.2, 0) is 0 Å². The van der Waals surface area contributed by atoms with Gasteiger partial charge in [-0.15, -0.1) is 0 Å². The number of aliphatic hydroxyl groups is 1. The predicted octanol–water partition coefficient (Wildman–Crippen LogP) is 3.61. The molecule has 0 spiro atoms. The van der Waals surface area contributed by atoms with Crippen molar-refractivity contribution in [2.75, 3.05) is 0 Å². The summed E-state index contributed by atoms with van der Waals surface area (Å²) in [4.78, 5) is 0. The normalized spacial score (nSPS) is 34.1. The van der Waals surface area contributed by atoms with Crippen molar-refractivity contribution in [1.29, 1.82) is 0 Å². The molecule has 1 N–H and O–H groups in total. The van der Waals surface area contributed by atoms with Crippen molar-refractivity contribution in [1.82, 2.24) is 0 Å². The molecular formula is C13H26O. The summed E-state index contributed by atoms with van der Waals surface area (Å²) in [6.07, 6.45) is 6.18. The Labute approximate surface area is 88.9 Å². The van der Waals surface area contributed by atoms with Crippen molar-refractivity contribution in [3.05, 3.63) is 0 Å². The van der Waals surface area contributed by atoms with Crippen LogP contribution in [0.1, 0.15) is 59.8 Å². The van der Waals surface area contributed by atoms with Gasteiger partial charge in [-0.2, -0.15) is 0 Å². The van der Waals surface area contributed by atoms with Crippen molar-refractivity contribution in [2.45, 2.75) is 65.9 Å². The maximum atomic E-state index is 9.34. The van der Waals surface area contributed by atoms with Crippen LogP contribution in [0, 0.1) is 17.3 Å². The van der Waals surface area contributed by atoms with Gasteiger partial charge in [-0.25, -0.2) is 0 Å². The highest BCUT2D eigenvalue weighted by Crippen LogP contribution is 2.46. The summed E-state index contributed by atoms with van der Waals surface area (Å²) in [5.41, 5.74) is 0.493. The van der Waals surface area contributed by atoms with E-state index in [0.29, 0.717) is 5.41 Å². The lowest BCUT2D eigenvalue weighted by Crippen LogP contribution is -2.34. The number of hydrogen-bond acceptors (Lipinski definition) is 1. The Bertz CT molecular complexity index is 172. The fraction of sp³-hybridized carbons (Fsp3) is 1.00. The molecule has 0 aliphatic heterocycles. The van der Waals surface area contributed by atoms with Crippen LogP contribution >= 0.6 is 0 Å². The van der Waals surface area contributed by atoms with Gasteiger partial charge in [0.05, 0.1) is 6.10 Å². The Morgan fingerprint density at radius 1 is 1.43 bits per heavy atom. The van der Waals surface area contributed by atoms with E-state index in [1.54, 1.807) is 0 Å². The van der Waals surface area contributed by atoms with E-state index in [2.05, 4.69) is 20.8 Å². The molecule has 0 saturated heterocycles. The molecule has 0 unspecified atom stereocenters. The Morgan fingerprint density at radius 2 is 2.07 bits per heavy atom. The second kappa shape index (κ2) is 4.65. The highest BCUT2D eigenvalue weighted by atomic mass is 16.3. The molecule has 1 heteroatoms. The van der Waals surface area contributed by atoms with Gasteiger partial charge < -0.3 is 5.11 Å². The highest BCUT2D eigenvalue weighted by molar-refractivity contribution is 4.86. The SMILES string of the molecule is C[C@H](O)CC[C@H]1[C@@H](C)CCCC1(C)C. The molecule has 0 aromatic heterocycles. The smallest absolute Gasteiger partial charge is 0.0512 e. The van der Waals surface area contributed by atoms with Crippen LogP contribution in [0.2, 0.25) is 0 Å². The molecule has 0 heterocycles. The third-order valence-electron chi connectivity index (χ3n) is 4.07. The van der Waals surface area contributed by atoms with E-state index in [1.807, 2.05) is 6.92 Å². The van der Waals surface area contributed by atoms with E-state index < -0.39 is 0 Å². The lowest BCUT2D eigenvalue weighted by atomic mass is 9.62. The van der Waals surface area contributed by atoms with E-state index in [1.165, 1.54) is 25.7 Å². The molecule has 1 fully saturated rings. The third kappa shape index (κ3) is 2.98. The standard InChI is InChI=1S/C13H26O/c1-10-6-5-9-13(3,4)12(10)8-7-11(2)14/h10-12,14H,5-9H2,1-4H3/t10-,11-,12-/m0/s1. The zero-order valence-electron chi connectivity index (χ0n) is 10.2. The zero-order valence-corrected chi connectivity index (χ0v) is 10.2. The van der Waals surface area contributed by atoms with Crippen LogP contribution in [0.5, 0.6) is 0 Å². The van der Waals surface area contributed by atoms with Crippen LogP contribution in [-0.4, -0.2) is 11.2 Å². The van der Waals surface area contributed by atoms with Crippen LogP contribution in [0.15, 0.2) is 0 Å². The van der Waals surface area contributed by atoms with E-state index in [4.69, 9.17) is 0 Å². The Morgan fingerprint density at radius 3 is 2.57 bits per heavy atom. The first-order valence-electron chi connectivity index (χ1n) is 6.11. The van der Waals surface area contributed by atoms with Crippen molar-refractivity contribution in [3.63, 3.8) is 0 Å². The van der Waals surface area contributed by atoms with Crippen molar-refractivity contribution < 1.29 is 5.11 Å². The highest BCUT2D eigenvalue weighted by Gasteiger charge is 2.36. The first kappa shape index (κ1) is 12.0. The molecule has 1 saturated carbocycles. The second-order valence-corrected chi connectivity index (χ2v) is 5.89. The van der Waals surface area contributed by atoms with E-state index in [0.717, 1.165) is 18.3 Å². The molecule has 14 heavy (non-hydrogen) atoms. The lowest BCUT2D eigenvalue weighted by molar-refractivity contribution is 0.0606. The first-order valence-corrected chi connectivity index (χ1v) is 6.11. The summed E-state index contributed by atoms with van der Waals surface area (Å²) in [6.45, 7) is 9.08. The largest absolute Gasteiger partial charge is 0.393 e. The minimum Gasteiger partial charge on any atom is -0.393 e. The number of rotatable bonds is 3. The number of aliphatic hydroxyl groups excluding tert-OH is 1. The van der Waals surface area contributed by atoms with Crippen molar-refractivity contribution in [3.8, 4) is 0 Å². The molecule has 0 amide bonds. The first-order chi connectivity index (χ1) is 6.43. The second-order valence-electron chi connectivity index (χ2n) is 5.89. The summed E-state index contributed by atoms with van der Waals surface area (Å²) < 4.78 is 0. The molecule has 1 aliphatic rings. The van der Waals surface area contributed by atoms with E-state index >= 15 is 0 Å². The van der Waals surface area contributed by atoms with Crippen LogP contribution in [0.25, 0.3) is 0 Å². The van der Waals surface area contributed by atoms with Crippen LogP contribution in [0.3, 0.4) is 0 Å². The molecule has 3 atom stereocenters. The van der Waals surface area contributed by atoms with Gasteiger partial charge in [-0.1, -0.05) is 33.6 Å². The third-order valence-corrected chi connectivity index (χ3v) is 4.07. The maximum Gasteiger partial charge on any atom is 0.0512 e. The summed E-state index contributed by atoms with van der Waals surface area (Å²) in [6, 6.07) is 0. The molecular weight excluding hydrogens is 172 g/mol. The molecule has 0 aromatic carbocycles. The van der Waals surface area contributed by atoms with Gasteiger partial charge in [0.2, 0.25) is 0 Å². The molecule has 1 nitrogen and oxygen atoms in total. The van der Waals surface area contributed by atoms with E-state index in [9.17, 15) is 5.11 Å². The number of hydrogen-bond donors (Lipinski definition) is 1. The molecule has 84 valence electrons. The Kier molecular flexibility index (Phi) is 4.00. The molecule has 0 aromatic rings.